The first-order valence-electron chi connectivity index (χ1n) is 7.73. The molecule has 3 heteroatoms. The molecule has 2 heterocycles. The molecule has 112 valence electrons. The minimum atomic E-state index is 0.786. The van der Waals surface area contributed by atoms with Gasteiger partial charge in [-0.05, 0) is 36.8 Å². The SMILES string of the molecule is Cc1cccc(Cn2c(-c3ccccn3)nc3ccccc32)c1. The molecule has 0 atom stereocenters. The number of nitrogens with zero attached hydrogens (tertiary/aromatic N) is 3. The van der Waals surface area contributed by atoms with Gasteiger partial charge in [0.25, 0.3) is 0 Å². The number of imidazole rings is 1. The number of pyridine rings is 1. The monoisotopic (exact) mass is 299 g/mol. The van der Waals surface area contributed by atoms with Gasteiger partial charge in [-0.3, -0.25) is 4.98 Å². The first-order valence-corrected chi connectivity index (χ1v) is 7.73. The van der Waals surface area contributed by atoms with Crippen LogP contribution in [0.15, 0.2) is 72.9 Å². The Hall–Kier alpha value is -2.94. The number of benzene rings is 2. The van der Waals surface area contributed by atoms with E-state index < -0.39 is 0 Å². The largest absolute Gasteiger partial charge is 0.318 e. The van der Waals surface area contributed by atoms with E-state index in [1.165, 1.54) is 11.1 Å². The maximum atomic E-state index is 4.80. The van der Waals surface area contributed by atoms with Crippen molar-refractivity contribution in [1.82, 2.24) is 14.5 Å². The summed E-state index contributed by atoms with van der Waals surface area (Å²) in [6.07, 6.45) is 1.81. The molecule has 4 rings (SSSR count). The van der Waals surface area contributed by atoms with Crippen molar-refractivity contribution in [2.24, 2.45) is 0 Å². The van der Waals surface area contributed by atoms with Crippen molar-refractivity contribution < 1.29 is 0 Å². The predicted molar refractivity (Wildman–Crippen MR) is 93.2 cm³/mol. The third-order valence-electron chi connectivity index (χ3n) is 3.97. The number of fused-ring (bicyclic) bond motifs is 1. The normalized spacial score (nSPS) is 11.0. The van der Waals surface area contributed by atoms with Crippen LogP contribution in [0.3, 0.4) is 0 Å². The molecule has 3 nitrogen and oxygen atoms in total. The standard InChI is InChI=1S/C20H17N3/c1-15-7-6-8-16(13-15)14-23-19-11-3-2-9-17(19)22-20(23)18-10-4-5-12-21-18/h2-13H,14H2,1H3. The lowest BCUT2D eigenvalue weighted by Gasteiger charge is -2.09. The van der Waals surface area contributed by atoms with Crippen LogP contribution in [0.25, 0.3) is 22.6 Å². The fraction of sp³-hybridized carbons (Fsp3) is 0.100. The van der Waals surface area contributed by atoms with E-state index in [9.17, 15) is 0 Å². The van der Waals surface area contributed by atoms with Crippen LogP contribution in [-0.2, 0) is 6.54 Å². The van der Waals surface area contributed by atoms with E-state index in [-0.39, 0.29) is 0 Å². The van der Waals surface area contributed by atoms with Gasteiger partial charge in [0, 0.05) is 12.7 Å². The molecule has 0 aliphatic heterocycles. The van der Waals surface area contributed by atoms with Gasteiger partial charge >= 0.3 is 0 Å². The number of aromatic nitrogens is 3. The molecule has 23 heavy (non-hydrogen) atoms. The van der Waals surface area contributed by atoms with Crippen LogP contribution in [0, 0.1) is 6.92 Å². The lowest BCUT2D eigenvalue weighted by molar-refractivity contribution is 0.829. The molecule has 0 spiro atoms. The summed E-state index contributed by atoms with van der Waals surface area (Å²) < 4.78 is 2.24. The third-order valence-corrected chi connectivity index (χ3v) is 3.97. The van der Waals surface area contributed by atoms with Crippen molar-refractivity contribution in [2.45, 2.75) is 13.5 Å². The molecule has 4 aromatic rings. The fourth-order valence-corrected chi connectivity index (χ4v) is 2.92. The van der Waals surface area contributed by atoms with Crippen molar-refractivity contribution in [3.63, 3.8) is 0 Å². The van der Waals surface area contributed by atoms with E-state index in [2.05, 4.69) is 58.9 Å². The Kier molecular flexibility index (Phi) is 3.39. The zero-order valence-electron chi connectivity index (χ0n) is 13.0. The van der Waals surface area contributed by atoms with E-state index in [0.29, 0.717) is 0 Å². The summed E-state index contributed by atoms with van der Waals surface area (Å²) in [5, 5.41) is 0. The van der Waals surface area contributed by atoms with Crippen LogP contribution in [0.2, 0.25) is 0 Å². The van der Waals surface area contributed by atoms with E-state index in [0.717, 1.165) is 29.1 Å². The van der Waals surface area contributed by atoms with Gasteiger partial charge in [0.1, 0.15) is 5.69 Å². The zero-order chi connectivity index (χ0) is 15.6. The number of para-hydroxylation sites is 2. The first kappa shape index (κ1) is 13.7. The highest BCUT2D eigenvalue weighted by Gasteiger charge is 2.13. The second-order valence-corrected chi connectivity index (χ2v) is 5.71. The third kappa shape index (κ3) is 2.61. The minimum absolute atomic E-state index is 0.786. The zero-order valence-corrected chi connectivity index (χ0v) is 13.0. The molecule has 0 saturated carbocycles. The molecule has 0 N–H and O–H groups in total. The molecular weight excluding hydrogens is 282 g/mol. The average molecular weight is 299 g/mol. The van der Waals surface area contributed by atoms with Crippen molar-refractivity contribution in [2.75, 3.05) is 0 Å². The van der Waals surface area contributed by atoms with Crippen LogP contribution in [0.5, 0.6) is 0 Å². The average Bonchev–Trinajstić information content (AvgIpc) is 2.95. The van der Waals surface area contributed by atoms with Gasteiger partial charge in [-0.1, -0.05) is 48.0 Å². The molecule has 0 saturated heterocycles. The van der Waals surface area contributed by atoms with Gasteiger partial charge in [-0.15, -0.1) is 0 Å². The van der Waals surface area contributed by atoms with Crippen LogP contribution < -0.4 is 0 Å². The van der Waals surface area contributed by atoms with Gasteiger partial charge in [0.15, 0.2) is 5.82 Å². The molecule has 0 unspecified atom stereocenters. The smallest absolute Gasteiger partial charge is 0.160 e. The Morgan fingerprint density at radius 2 is 1.78 bits per heavy atom. The molecule has 2 aromatic carbocycles. The second-order valence-electron chi connectivity index (χ2n) is 5.71. The molecule has 0 aliphatic rings. The summed E-state index contributed by atoms with van der Waals surface area (Å²) >= 11 is 0. The Morgan fingerprint density at radius 3 is 2.61 bits per heavy atom. The van der Waals surface area contributed by atoms with Crippen LogP contribution in [0.4, 0.5) is 0 Å². The molecule has 0 bridgehead atoms. The van der Waals surface area contributed by atoms with Crippen LogP contribution >= 0.6 is 0 Å². The Bertz CT molecular complexity index is 955. The quantitative estimate of drug-likeness (QED) is 0.559. The Balaban J connectivity index is 1.89. The maximum absolute atomic E-state index is 4.80. The first-order chi connectivity index (χ1) is 11.3. The lowest BCUT2D eigenvalue weighted by Crippen LogP contribution is -2.03. The van der Waals surface area contributed by atoms with E-state index in [1.54, 1.807) is 0 Å². The van der Waals surface area contributed by atoms with Crippen molar-refractivity contribution in [3.8, 4) is 11.5 Å². The minimum Gasteiger partial charge on any atom is -0.318 e. The van der Waals surface area contributed by atoms with Crippen molar-refractivity contribution in [1.29, 1.82) is 0 Å². The predicted octanol–water partition coefficient (Wildman–Crippen LogP) is 4.46. The number of rotatable bonds is 3. The van der Waals surface area contributed by atoms with Crippen LogP contribution in [-0.4, -0.2) is 14.5 Å². The van der Waals surface area contributed by atoms with Gasteiger partial charge < -0.3 is 4.57 Å². The summed E-state index contributed by atoms with van der Waals surface area (Å²) in [6, 6.07) is 22.8. The summed E-state index contributed by atoms with van der Waals surface area (Å²) in [7, 11) is 0. The van der Waals surface area contributed by atoms with Crippen molar-refractivity contribution >= 4 is 11.0 Å². The molecule has 0 fully saturated rings. The Labute approximate surface area is 135 Å². The lowest BCUT2D eigenvalue weighted by atomic mass is 10.1. The Morgan fingerprint density at radius 1 is 0.913 bits per heavy atom. The summed E-state index contributed by atoms with van der Waals surface area (Å²) in [6.45, 7) is 2.91. The van der Waals surface area contributed by atoms with E-state index in [1.807, 2.05) is 30.5 Å². The van der Waals surface area contributed by atoms with Gasteiger partial charge in [0.2, 0.25) is 0 Å². The summed E-state index contributed by atoms with van der Waals surface area (Å²) in [4.78, 5) is 9.28. The maximum Gasteiger partial charge on any atom is 0.160 e. The van der Waals surface area contributed by atoms with E-state index in [4.69, 9.17) is 4.98 Å². The number of aryl methyl sites for hydroxylation is 1. The van der Waals surface area contributed by atoms with Gasteiger partial charge in [0.05, 0.1) is 11.0 Å². The molecule has 0 radical (unpaired) electrons. The highest BCUT2D eigenvalue weighted by atomic mass is 15.1. The molecule has 0 aliphatic carbocycles. The number of hydrogen-bond acceptors (Lipinski definition) is 2. The van der Waals surface area contributed by atoms with Gasteiger partial charge in [-0.2, -0.15) is 0 Å². The highest BCUT2D eigenvalue weighted by Crippen LogP contribution is 2.24. The molecule has 0 amide bonds. The van der Waals surface area contributed by atoms with Crippen LogP contribution in [0.1, 0.15) is 11.1 Å². The molecule has 2 aromatic heterocycles. The van der Waals surface area contributed by atoms with E-state index >= 15 is 0 Å². The topological polar surface area (TPSA) is 30.7 Å². The molecular formula is C20H17N3. The summed E-state index contributed by atoms with van der Waals surface area (Å²) in [5.74, 6) is 0.910. The summed E-state index contributed by atoms with van der Waals surface area (Å²) in [5.41, 5.74) is 5.57. The number of hydrogen-bond donors (Lipinski definition) is 0. The van der Waals surface area contributed by atoms with Crippen molar-refractivity contribution in [3.05, 3.63) is 84.1 Å². The van der Waals surface area contributed by atoms with Gasteiger partial charge in [-0.25, -0.2) is 4.98 Å². The highest BCUT2D eigenvalue weighted by molar-refractivity contribution is 5.80. The fourth-order valence-electron chi connectivity index (χ4n) is 2.92. The second kappa shape index (κ2) is 5.69.